The molecular formula is C17H31N3O2. The Bertz CT molecular complexity index is 424. The van der Waals surface area contributed by atoms with Gasteiger partial charge in [-0.05, 0) is 32.3 Å². The van der Waals surface area contributed by atoms with Crippen LogP contribution in [0, 0.1) is 0 Å². The highest BCUT2D eigenvalue weighted by atomic mass is 16.5. The predicted molar refractivity (Wildman–Crippen MR) is 91.3 cm³/mol. The van der Waals surface area contributed by atoms with Gasteiger partial charge in [0.2, 0.25) is 0 Å². The first-order valence-corrected chi connectivity index (χ1v) is 7.95. The molecule has 0 atom stereocenters. The first kappa shape index (κ1) is 18.9. The summed E-state index contributed by atoms with van der Waals surface area (Å²) in [7, 11) is 5.86. The quantitative estimate of drug-likeness (QED) is 0.601. The summed E-state index contributed by atoms with van der Waals surface area (Å²) in [5.74, 6) is 0.926. The molecule has 0 aliphatic heterocycles. The van der Waals surface area contributed by atoms with Crippen molar-refractivity contribution in [1.82, 2.24) is 15.1 Å². The molecule has 1 aromatic rings. The summed E-state index contributed by atoms with van der Waals surface area (Å²) < 4.78 is 5.52. The minimum Gasteiger partial charge on any atom is -0.496 e. The molecule has 126 valence electrons. The van der Waals surface area contributed by atoms with Crippen molar-refractivity contribution in [2.24, 2.45) is 0 Å². The van der Waals surface area contributed by atoms with Crippen molar-refractivity contribution in [2.75, 3.05) is 54.0 Å². The number of methoxy groups -OCH3 is 1. The summed E-state index contributed by atoms with van der Waals surface area (Å²) in [6, 6.07) is 6.37. The van der Waals surface area contributed by atoms with Crippen LogP contribution in [0.1, 0.15) is 18.1 Å². The average molecular weight is 309 g/mol. The van der Waals surface area contributed by atoms with Crippen molar-refractivity contribution >= 4 is 0 Å². The number of rotatable bonds is 11. The fourth-order valence-corrected chi connectivity index (χ4v) is 2.31. The van der Waals surface area contributed by atoms with Crippen LogP contribution >= 0.6 is 0 Å². The lowest BCUT2D eigenvalue weighted by Crippen LogP contribution is -2.27. The van der Waals surface area contributed by atoms with E-state index in [-0.39, 0.29) is 6.61 Å². The Morgan fingerprint density at radius 3 is 2.59 bits per heavy atom. The first-order valence-electron chi connectivity index (χ1n) is 7.95. The van der Waals surface area contributed by atoms with Crippen molar-refractivity contribution in [3.05, 3.63) is 29.3 Å². The average Bonchev–Trinajstić information content (AvgIpc) is 2.51. The lowest BCUT2D eigenvalue weighted by molar-refractivity contribution is 0.196. The minimum absolute atomic E-state index is 0.193. The van der Waals surface area contributed by atoms with E-state index < -0.39 is 0 Å². The minimum atomic E-state index is 0.193. The molecule has 5 nitrogen and oxygen atoms in total. The van der Waals surface area contributed by atoms with Gasteiger partial charge in [-0.15, -0.1) is 0 Å². The van der Waals surface area contributed by atoms with Crippen LogP contribution in [-0.2, 0) is 13.1 Å². The molecule has 0 radical (unpaired) electrons. The molecule has 0 aromatic heterocycles. The highest BCUT2D eigenvalue weighted by Gasteiger charge is 2.07. The molecule has 5 heteroatoms. The zero-order valence-electron chi connectivity index (χ0n) is 14.4. The van der Waals surface area contributed by atoms with Gasteiger partial charge in [-0.3, -0.25) is 4.90 Å². The van der Waals surface area contributed by atoms with E-state index in [2.05, 4.69) is 54.3 Å². The summed E-state index contributed by atoms with van der Waals surface area (Å²) in [6.07, 6.45) is 0. The van der Waals surface area contributed by atoms with E-state index in [1.165, 1.54) is 11.1 Å². The van der Waals surface area contributed by atoms with Gasteiger partial charge in [0, 0.05) is 38.3 Å². The third-order valence-corrected chi connectivity index (χ3v) is 3.67. The predicted octanol–water partition coefficient (Wildman–Crippen LogP) is 1.16. The van der Waals surface area contributed by atoms with Crippen molar-refractivity contribution in [1.29, 1.82) is 0 Å². The fourth-order valence-electron chi connectivity index (χ4n) is 2.31. The monoisotopic (exact) mass is 309 g/mol. The van der Waals surface area contributed by atoms with Gasteiger partial charge in [0.25, 0.3) is 0 Å². The van der Waals surface area contributed by atoms with Crippen molar-refractivity contribution in [3.8, 4) is 5.75 Å². The van der Waals surface area contributed by atoms with Gasteiger partial charge in [0.1, 0.15) is 5.75 Å². The highest BCUT2D eigenvalue weighted by Crippen LogP contribution is 2.21. The summed E-state index contributed by atoms with van der Waals surface area (Å²) in [4.78, 5) is 4.37. The van der Waals surface area contributed by atoms with Gasteiger partial charge in [-0.1, -0.05) is 19.1 Å². The van der Waals surface area contributed by atoms with Gasteiger partial charge in [0.15, 0.2) is 0 Å². The van der Waals surface area contributed by atoms with Crippen LogP contribution < -0.4 is 10.1 Å². The second-order valence-electron chi connectivity index (χ2n) is 5.72. The molecule has 0 spiro atoms. The zero-order valence-corrected chi connectivity index (χ0v) is 14.4. The molecule has 0 unspecified atom stereocenters. The number of nitrogens with zero attached hydrogens (tertiary/aromatic N) is 2. The standard InChI is InChI=1S/C17H31N3O2/c1-5-20(10-11-21)14-15-6-7-16(17(12-15)22-4)13-18-8-9-19(2)3/h6-7,12,18,21H,5,8-11,13-14H2,1-4H3. The second-order valence-corrected chi connectivity index (χ2v) is 5.72. The summed E-state index contributed by atoms with van der Waals surface area (Å²) in [5.41, 5.74) is 2.39. The molecule has 1 rings (SSSR count). The lowest BCUT2D eigenvalue weighted by Gasteiger charge is -2.20. The number of hydrogen-bond donors (Lipinski definition) is 2. The Balaban J connectivity index is 2.61. The van der Waals surface area contributed by atoms with Crippen LogP contribution in [0.2, 0.25) is 0 Å². The molecule has 0 saturated carbocycles. The topological polar surface area (TPSA) is 48.0 Å². The second kappa shape index (κ2) is 10.6. The summed E-state index contributed by atoms with van der Waals surface area (Å²) in [5, 5.41) is 12.5. The van der Waals surface area contributed by atoms with Gasteiger partial charge in [-0.25, -0.2) is 0 Å². The zero-order chi connectivity index (χ0) is 16.4. The Hall–Kier alpha value is -1.14. The van der Waals surface area contributed by atoms with E-state index >= 15 is 0 Å². The summed E-state index contributed by atoms with van der Waals surface area (Å²) >= 11 is 0. The van der Waals surface area contributed by atoms with E-state index in [9.17, 15) is 0 Å². The van der Waals surface area contributed by atoms with Gasteiger partial charge >= 0.3 is 0 Å². The SMILES string of the molecule is CCN(CCO)Cc1ccc(CNCCN(C)C)c(OC)c1. The summed E-state index contributed by atoms with van der Waals surface area (Å²) in [6.45, 7) is 7.55. The molecule has 0 aliphatic carbocycles. The smallest absolute Gasteiger partial charge is 0.123 e. The van der Waals surface area contributed by atoms with Crippen LogP contribution in [0.3, 0.4) is 0 Å². The van der Waals surface area contributed by atoms with Crippen LogP contribution in [-0.4, -0.2) is 68.9 Å². The molecule has 1 aromatic carbocycles. The van der Waals surface area contributed by atoms with E-state index in [1.807, 2.05) is 0 Å². The molecule has 22 heavy (non-hydrogen) atoms. The van der Waals surface area contributed by atoms with Crippen molar-refractivity contribution < 1.29 is 9.84 Å². The molecule has 0 fully saturated rings. The Morgan fingerprint density at radius 1 is 1.23 bits per heavy atom. The molecule has 2 N–H and O–H groups in total. The van der Waals surface area contributed by atoms with Crippen LogP contribution in [0.4, 0.5) is 0 Å². The number of likely N-dealkylation sites (N-methyl/N-ethyl adjacent to an activating group) is 2. The van der Waals surface area contributed by atoms with E-state index in [0.29, 0.717) is 6.54 Å². The van der Waals surface area contributed by atoms with Gasteiger partial charge < -0.3 is 20.1 Å². The lowest BCUT2D eigenvalue weighted by atomic mass is 10.1. The number of aliphatic hydroxyl groups excluding tert-OH is 1. The maximum atomic E-state index is 9.07. The fraction of sp³-hybridized carbons (Fsp3) is 0.647. The molecule has 0 heterocycles. The van der Waals surface area contributed by atoms with Crippen LogP contribution in [0.25, 0.3) is 0 Å². The van der Waals surface area contributed by atoms with E-state index in [0.717, 1.165) is 38.5 Å². The molecule has 0 amide bonds. The maximum absolute atomic E-state index is 9.07. The van der Waals surface area contributed by atoms with E-state index in [4.69, 9.17) is 9.84 Å². The van der Waals surface area contributed by atoms with Gasteiger partial charge in [0.05, 0.1) is 13.7 Å². The molecule has 0 bridgehead atoms. The third-order valence-electron chi connectivity index (χ3n) is 3.67. The van der Waals surface area contributed by atoms with Gasteiger partial charge in [-0.2, -0.15) is 0 Å². The number of nitrogens with one attached hydrogen (secondary N) is 1. The largest absolute Gasteiger partial charge is 0.496 e. The highest BCUT2D eigenvalue weighted by molar-refractivity contribution is 5.37. The maximum Gasteiger partial charge on any atom is 0.123 e. The van der Waals surface area contributed by atoms with Crippen molar-refractivity contribution in [2.45, 2.75) is 20.0 Å². The normalized spacial score (nSPS) is 11.4. The number of hydrogen-bond acceptors (Lipinski definition) is 5. The molecule has 0 aliphatic rings. The number of aliphatic hydroxyl groups is 1. The third kappa shape index (κ3) is 6.75. The van der Waals surface area contributed by atoms with Crippen molar-refractivity contribution in [3.63, 3.8) is 0 Å². The Kier molecular flexibility index (Phi) is 9.08. The molecular weight excluding hydrogens is 278 g/mol. The van der Waals surface area contributed by atoms with E-state index in [1.54, 1.807) is 7.11 Å². The first-order chi connectivity index (χ1) is 10.6. The number of benzene rings is 1. The van der Waals surface area contributed by atoms with Crippen LogP contribution in [0.15, 0.2) is 18.2 Å². The number of ether oxygens (including phenoxy) is 1. The van der Waals surface area contributed by atoms with Crippen LogP contribution in [0.5, 0.6) is 5.75 Å². The Morgan fingerprint density at radius 2 is 2.00 bits per heavy atom. The Labute approximate surface area is 134 Å². The molecule has 0 saturated heterocycles.